The van der Waals surface area contributed by atoms with Crippen molar-refractivity contribution >= 4 is 29.0 Å². The number of thioether (sulfide) groups is 1. The number of thiophene rings is 1. The Morgan fingerprint density at radius 3 is 2.87 bits per heavy atom. The highest BCUT2D eigenvalue weighted by molar-refractivity contribution is 7.99. The van der Waals surface area contributed by atoms with Crippen molar-refractivity contribution in [2.75, 3.05) is 19.9 Å². The molecule has 4 rings (SSSR count). The quantitative estimate of drug-likeness (QED) is 0.462. The van der Waals surface area contributed by atoms with Gasteiger partial charge in [-0.2, -0.15) is 0 Å². The molecule has 0 aliphatic heterocycles. The van der Waals surface area contributed by atoms with Crippen molar-refractivity contribution in [1.82, 2.24) is 19.7 Å². The van der Waals surface area contributed by atoms with Crippen LogP contribution in [0.1, 0.15) is 35.1 Å². The Kier molecular flexibility index (Phi) is 6.38. The molecule has 0 radical (unpaired) electrons. The second-order valence-electron chi connectivity index (χ2n) is 7.26. The maximum atomic E-state index is 13.9. The van der Waals surface area contributed by atoms with Crippen LogP contribution in [0.25, 0.3) is 0 Å². The van der Waals surface area contributed by atoms with Gasteiger partial charge in [0.2, 0.25) is 5.91 Å². The number of rotatable bonds is 9. The summed E-state index contributed by atoms with van der Waals surface area (Å²) in [7, 11) is 3.15. The Bertz CT molecular complexity index is 1020. The van der Waals surface area contributed by atoms with Gasteiger partial charge in [-0.25, -0.2) is 4.39 Å². The van der Waals surface area contributed by atoms with Crippen LogP contribution in [0.3, 0.4) is 0 Å². The maximum Gasteiger partial charge on any atom is 0.233 e. The molecule has 3 aromatic rings. The van der Waals surface area contributed by atoms with E-state index < -0.39 is 5.82 Å². The fraction of sp³-hybridized carbons (Fsp3) is 0.381. The Morgan fingerprint density at radius 1 is 1.37 bits per heavy atom. The highest BCUT2D eigenvalue weighted by Gasteiger charge is 2.30. The van der Waals surface area contributed by atoms with Gasteiger partial charge in [-0.3, -0.25) is 4.79 Å². The standard InChI is InChI=1S/C21H23FN4O2S2/c1-25(12-14-5-8-18(28-2)17(22)10-14)20(27)13-30-21-24-23-19(26(21)15-6-7-15)11-16-4-3-9-29-16/h3-5,8-10,15H,6-7,11-13H2,1-2H3. The van der Waals surface area contributed by atoms with Gasteiger partial charge in [-0.05, 0) is 42.0 Å². The summed E-state index contributed by atoms with van der Waals surface area (Å²) in [6.45, 7) is 0.333. The van der Waals surface area contributed by atoms with E-state index >= 15 is 0 Å². The summed E-state index contributed by atoms with van der Waals surface area (Å²) in [4.78, 5) is 15.5. The van der Waals surface area contributed by atoms with Crippen LogP contribution >= 0.6 is 23.1 Å². The Balaban J connectivity index is 1.37. The van der Waals surface area contributed by atoms with E-state index in [-0.39, 0.29) is 17.4 Å². The first kappa shape index (κ1) is 20.9. The van der Waals surface area contributed by atoms with Crippen molar-refractivity contribution in [3.63, 3.8) is 0 Å². The first-order valence-corrected chi connectivity index (χ1v) is 11.6. The molecule has 1 amide bonds. The zero-order valence-electron chi connectivity index (χ0n) is 16.9. The van der Waals surface area contributed by atoms with E-state index in [2.05, 4.69) is 26.2 Å². The van der Waals surface area contributed by atoms with Crippen LogP contribution in [0.15, 0.2) is 40.9 Å². The fourth-order valence-electron chi connectivity index (χ4n) is 3.20. The third kappa shape index (κ3) is 4.84. The number of ether oxygens (including phenoxy) is 1. The topological polar surface area (TPSA) is 60.2 Å². The van der Waals surface area contributed by atoms with Gasteiger partial charge in [0.25, 0.3) is 0 Å². The lowest BCUT2D eigenvalue weighted by Crippen LogP contribution is -2.28. The molecular weight excluding hydrogens is 423 g/mol. The van der Waals surface area contributed by atoms with Gasteiger partial charge in [0.05, 0.1) is 12.9 Å². The molecule has 6 nitrogen and oxygen atoms in total. The summed E-state index contributed by atoms with van der Waals surface area (Å²) in [6.07, 6.45) is 3.01. The number of aromatic nitrogens is 3. The smallest absolute Gasteiger partial charge is 0.233 e. The van der Waals surface area contributed by atoms with Crippen molar-refractivity contribution in [2.45, 2.75) is 37.0 Å². The normalized spacial score (nSPS) is 13.4. The molecule has 1 aromatic carbocycles. The van der Waals surface area contributed by atoms with Crippen LogP contribution in [-0.2, 0) is 17.8 Å². The van der Waals surface area contributed by atoms with Crippen molar-refractivity contribution in [1.29, 1.82) is 0 Å². The number of halogens is 1. The molecule has 0 atom stereocenters. The lowest BCUT2D eigenvalue weighted by molar-refractivity contribution is -0.127. The number of hydrogen-bond donors (Lipinski definition) is 0. The largest absolute Gasteiger partial charge is 0.494 e. The van der Waals surface area contributed by atoms with E-state index in [0.717, 1.165) is 30.2 Å². The Hall–Kier alpha value is -2.39. The van der Waals surface area contributed by atoms with Crippen LogP contribution in [0.4, 0.5) is 4.39 Å². The molecule has 0 bridgehead atoms. The van der Waals surface area contributed by atoms with Gasteiger partial charge in [0.15, 0.2) is 16.7 Å². The van der Waals surface area contributed by atoms with E-state index in [1.54, 1.807) is 35.4 Å². The molecule has 1 aliphatic rings. The van der Waals surface area contributed by atoms with Crippen LogP contribution in [0.2, 0.25) is 0 Å². The van der Waals surface area contributed by atoms with Crippen molar-refractivity contribution in [2.24, 2.45) is 0 Å². The number of benzene rings is 1. The van der Waals surface area contributed by atoms with Crippen molar-refractivity contribution < 1.29 is 13.9 Å². The summed E-state index contributed by atoms with van der Waals surface area (Å²) in [5.41, 5.74) is 0.716. The first-order chi connectivity index (χ1) is 14.5. The number of carbonyl (C=O) groups is 1. The van der Waals surface area contributed by atoms with Gasteiger partial charge in [-0.15, -0.1) is 21.5 Å². The minimum atomic E-state index is -0.430. The highest BCUT2D eigenvalue weighted by Crippen LogP contribution is 2.39. The molecule has 9 heteroatoms. The average molecular weight is 447 g/mol. The SMILES string of the molecule is COc1ccc(CN(C)C(=O)CSc2nnc(Cc3cccs3)n2C2CC2)cc1F. The van der Waals surface area contributed by atoms with E-state index in [4.69, 9.17) is 4.74 Å². The zero-order valence-corrected chi connectivity index (χ0v) is 18.5. The molecule has 1 fully saturated rings. The first-order valence-electron chi connectivity index (χ1n) is 9.70. The number of carbonyl (C=O) groups excluding carboxylic acids is 1. The predicted molar refractivity (Wildman–Crippen MR) is 116 cm³/mol. The van der Waals surface area contributed by atoms with Gasteiger partial charge < -0.3 is 14.2 Å². The predicted octanol–water partition coefficient (Wildman–Crippen LogP) is 4.16. The molecule has 0 spiro atoms. The molecule has 30 heavy (non-hydrogen) atoms. The minimum Gasteiger partial charge on any atom is -0.494 e. The van der Waals surface area contributed by atoms with E-state index in [1.165, 1.54) is 29.8 Å². The maximum absolute atomic E-state index is 13.9. The Labute approximate surface area is 183 Å². The molecule has 1 saturated carbocycles. The third-order valence-corrected chi connectivity index (χ3v) is 6.75. The summed E-state index contributed by atoms with van der Waals surface area (Å²) < 4.78 is 21.0. The lowest BCUT2D eigenvalue weighted by Gasteiger charge is -2.17. The minimum absolute atomic E-state index is 0.0404. The highest BCUT2D eigenvalue weighted by atomic mass is 32.2. The van der Waals surface area contributed by atoms with E-state index in [1.807, 2.05) is 6.07 Å². The Morgan fingerprint density at radius 2 is 2.20 bits per heavy atom. The number of amides is 1. The van der Waals surface area contributed by atoms with Gasteiger partial charge in [0, 0.05) is 30.9 Å². The summed E-state index contributed by atoms with van der Waals surface area (Å²) in [5.74, 6) is 0.944. The molecule has 2 aromatic heterocycles. The number of nitrogens with zero attached hydrogens (tertiary/aromatic N) is 4. The number of methoxy groups -OCH3 is 1. The fourth-order valence-corrected chi connectivity index (χ4v) is 4.87. The third-order valence-electron chi connectivity index (χ3n) is 4.95. The second-order valence-corrected chi connectivity index (χ2v) is 9.24. The molecule has 0 unspecified atom stereocenters. The van der Waals surface area contributed by atoms with Gasteiger partial charge in [0.1, 0.15) is 5.82 Å². The zero-order chi connectivity index (χ0) is 21.1. The van der Waals surface area contributed by atoms with Gasteiger partial charge in [-0.1, -0.05) is 23.9 Å². The molecule has 0 saturated heterocycles. The van der Waals surface area contributed by atoms with Crippen LogP contribution in [0.5, 0.6) is 5.75 Å². The summed E-state index contributed by atoms with van der Waals surface area (Å²) in [6, 6.07) is 9.31. The molecule has 2 heterocycles. The van der Waals surface area contributed by atoms with E-state index in [0.29, 0.717) is 18.2 Å². The van der Waals surface area contributed by atoms with Crippen LogP contribution in [-0.4, -0.2) is 45.5 Å². The second kappa shape index (κ2) is 9.18. The van der Waals surface area contributed by atoms with Crippen molar-refractivity contribution in [3.05, 3.63) is 57.8 Å². The van der Waals surface area contributed by atoms with Crippen molar-refractivity contribution in [3.8, 4) is 5.75 Å². The lowest BCUT2D eigenvalue weighted by atomic mass is 10.2. The van der Waals surface area contributed by atoms with Gasteiger partial charge >= 0.3 is 0 Å². The summed E-state index contributed by atoms with van der Waals surface area (Å²) in [5, 5.41) is 11.6. The van der Waals surface area contributed by atoms with Crippen LogP contribution < -0.4 is 4.74 Å². The van der Waals surface area contributed by atoms with Crippen LogP contribution in [0, 0.1) is 5.82 Å². The molecular formula is C21H23FN4O2S2. The number of hydrogen-bond acceptors (Lipinski definition) is 6. The average Bonchev–Trinajstić information content (AvgIpc) is 3.28. The monoisotopic (exact) mass is 446 g/mol. The summed E-state index contributed by atoms with van der Waals surface area (Å²) >= 11 is 3.12. The van der Waals surface area contributed by atoms with E-state index in [9.17, 15) is 9.18 Å². The molecule has 158 valence electrons. The molecule has 1 aliphatic carbocycles. The molecule has 0 N–H and O–H groups in total.